The molecular formula is C39H64O15. The van der Waals surface area contributed by atoms with Gasteiger partial charge in [0.25, 0.3) is 0 Å². The van der Waals surface area contributed by atoms with Gasteiger partial charge >= 0.3 is 0 Å². The lowest BCUT2D eigenvalue weighted by Crippen LogP contribution is -2.62. The Morgan fingerprint density at radius 2 is 1.48 bits per heavy atom. The maximum absolute atomic E-state index is 12.0. The number of ether oxygens (including phenoxy) is 5. The van der Waals surface area contributed by atoms with Crippen LogP contribution in [0.25, 0.3) is 0 Å². The van der Waals surface area contributed by atoms with E-state index >= 15 is 0 Å². The molecule has 0 amide bonds. The first kappa shape index (κ1) is 41.3. The molecular weight excluding hydrogens is 708 g/mol. The van der Waals surface area contributed by atoms with Gasteiger partial charge in [-0.25, -0.2) is 0 Å². The number of hydrogen-bond donors (Lipinski definition) is 10. The van der Waals surface area contributed by atoms with Crippen LogP contribution < -0.4 is 0 Å². The second-order valence-corrected chi connectivity index (χ2v) is 18.3. The first-order valence-electron chi connectivity index (χ1n) is 20.1. The Hall–Kier alpha value is -0.860. The summed E-state index contributed by atoms with van der Waals surface area (Å²) in [5.41, 5.74) is 0.556. The number of fused-ring (bicyclic) bond motifs is 7. The molecule has 3 heterocycles. The molecule has 0 aromatic rings. The first-order valence-corrected chi connectivity index (χ1v) is 20.1. The van der Waals surface area contributed by atoms with Crippen molar-refractivity contribution >= 4 is 0 Å². The zero-order valence-corrected chi connectivity index (χ0v) is 31.8. The third kappa shape index (κ3) is 6.74. The van der Waals surface area contributed by atoms with Crippen LogP contribution in [0.3, 0.4) is 0 Å². The average molecular weight is 773 g/mol. The Morgan fingerprint density at radius 3 is 2.13 bits per heavy atom. The Kier molecular flexibility index (Phi) is 11.8. The number of aliphatic hydroxyl groups is 10. The summed E-state index contributed by atoms with van der Waals surface area (Å²) in [5.74, 6) is -0.566. The molecule has 7 aliphatic rings. The van der Waals surface area contributed by atoms with Gasteiger partial charge in [0.05, 0.1) is 38.1 Å². The van der Waals surface area contributed by atoms with Crippen LogP contribution in [0.1, 0.15) is 79.1 Å². The fourth-order valence-electron chi connectivity index (χ4n) is 12.2. The number of hydrogen-bond acceptors (Lipinski definition) is 15. The predicted octanol–water partition coefficient (Wildman–Crippen LogP) is -0.712. The van der Waals surface area contributed by atoms with Crippen molar-refractivity contribution in [2.45, 2.75) is 165 Å². The van der Waals surface area contributed by atoms with Crippen LogP contribution in [0.4, 0.5) is 0 Å². The van der Waals surface area contributed by atoms with Crippen molar-refractivity contribution in [3.63, 3.8) is 0 Å². The highest BCUT2D eigenvalue weighted by Crippen LogP contribution is 2.70. The van der Waals surface area contributed by atoms with Gasteiger partial charge in [0.2, 0.25) is 0 Å². The average Bonchev–Trinajstić information content (AvgIpc) is 3.58. The smallest absolute Gasteiger partial charge is 0.187 e. The van der Waals surface area contributed by atoms with Gasteiger partial charge in [0, 0.05) is 24.2 Å². The van der Waals surface area contributed by atoms with Crippen molar-refractivity contribution in [1.29, 1.82) is 0 Å². The van der Waals surface area contributed by atoms with Gasteiger partial charge in [-0.05, 0) is 73.5 Å². The number of aliphatic hydroxyl groups excluding tert-OH is 9. The molecule has 3 aliphatic heterocycles. The second kappa shape index (κ2) is 15.4. The first-order chi connectivity index (χ1) is 25.5. The van der Waals surface area contributed by atoms with Crippen LogP contribution >= 0.6 is 0 Å². The maximum atomic E-state index is 12.0. The zero-order chi connectivity index (χ0) is 39.1. The summed E-state index contributed by atoms with van der Waals surface area (Å²) in [4.78, 5) is 0. The molecule has 10 N–H and O–H groups in total. The standard InChI is InChI=1S/C39H64O15/c1-17(16-50-35-33(47)31(45)29(43)25(14-40)51-35)7-10-39(49)18(2)28-24(54-39)13-23-21-6-5-19-11-20(42)12-27(38(19,4)22(21)8-9-37(23,28)3)53-36-34(48)32(46)30(44)26(15-41)52-36/h5,17-18,20-36,40-49H,6-16H2,1-4H3/t17?,18-,20+,21+,22-,23-,24-,25+,26+,27+,28-,29+,30-,31-,32-,33+,34+,35+,36-,37-,38-,39+/m0/s1. The van der Waals surface area contributed by atoms with E-state index in [1.807, 2.05) is 6.92 Å². The van der Waals surface area contributed by atoms with E-state index in [9.17, 15) is 51.1 Å². The minimum absolute atomic E-state index is 0.0625. The largest absolute Gasteiger partial charge is 0.394 e. The van der Waals surface area contributed by atoms with E-state index in [0.717, 1.165) is 31.3 Å². The third-order valence-corrected chi connectivity index (χ3v) is 15.4. The predicted molar refractivity (Wildman–Crippen MR) is 188 cm³/mol. The molecule has 0 radical (unpaired) electrons. The molecule has 0 aromatic carbocycles. The van der Waals surface area contributed by atoms with Crippen molar-refractivity contribution < 1.29 is 74.7 Å². The van der Waals surface area contributed by atoms with Gasteiger partial charge in [-0.15, -0.1) is 0 Å². The molecule has 3 saturated heterocycles. The van der Waals surface area contributed by atoms with Crippen LogP contribution in [-0.2, 0) is 23.7 Å². The maximum Gasteiger partial charge on any atom is 0.187 e. The summed E-state index contributed by atoms with van der Waals surface area (Å²) in [6.07, 6.45) is -7.41. The lowest BCUT2D eigenvalue weighted by Gasteiger charge is -2.60. The molecule has 22 atom stereocenters. The Balaban J connectivity index is 1.01. The summed E-state index contributed by atoms with van der Waals surface area (Å²) in [5, 5.41) is 104. The van der Waals surface area contributed by atoms with E-state index in [0.29, 0.717) is 37.5 Å². The van der Waals surface area contributed by atoms with E-state index in [-0.39, 0.29) is 41.8 Å². The summed E-state index contributed by atoms with van der Waals surface area (Å²) in [6, 6.07) is 0. The fraction of sp³-hybridized carbons (Fsp3) is 0.949. The molecule has 6 fully saturated rings. The summed E-state index contributed by atoms with van der Waals surface area (Å²) in [7, 11) is 0. The fourth-order valence-corrected chi connectivity index (χ4v) is 12.2. The van der Waals surface area contributed by atoms with Crippen molar-refractivity contribution in [1.82, 2.24) is 0 Å². The van der Waals surface area contributed by atoms with Gasteiger partial charge in [-0.1, -0.05) is 39.3 Å². The number of allylic oxidation sites excluding steroid dienone is 1. The third-order valence-electron chi connectivity index (χ3n) is 15.4. The molecule has 15 nitrogen and oxygen atoms in total. The summed E-state index contributed by atoms with van der Waals surface area (Å²) in [6.45, 7) is 7.67. The monoisotopic (exact) mass is 772 g/mol. The topological polar surface area (TPSA) is 248 Å². The van der Waals surface area contributed by atoms with Crippen molar-refractivity contribution in [2.75, 3.05) is 19.8 Å². The molecule has 4 aliphatic carbocycles. The molecule has 0 aromatic heterocycles. The van der Waals surface area contributed by atoms with Crippen molar-refractivity contribution in [3.05, 3.63) is 11.6 Å². The quantitative estimate of drug-likeness (QED) is 0.123. The minimum atomic E-state index is -1.56. The van der Waals surface area contributed by atoms with Crippen LogP contribution in [0.2, 0.25) is 0 Å². The Morgan fingerprint density at radius 1 is 0.852 bits per heavy atom. The highest BCUT2D eigenvalue weighted by molar-refractivity contribution is 5.28. The van der Waals surface area contributed by atoms with Gasteiger partial charge in [0.15, 0.2) is 18.4 Å². The molecule has 3 saturated carbocycles. The van der Waals surface area contributed by atoms with E-state index < -0.39 is 98.0 Å². The highest BCUT2D eigenvalue weighted by atomic mass is 16.7. The minimum Gasteiger partial charge on any atom is -0.394 e. The molecule has 0 bridgehead atoms. The highest BCUT2D eigenvalue weighted by Gasteiger charge is 2.68. The lowest BCUT2D eigenvalue weighted by molar-refractivity contribution is -0.324. The normalized spacial score (nSPS) is 55.0. The van der Waals surface area contributed by atoms with Crippen LogP contribution in [0.5, 0.6) is 0 Å². The van der Waals surface area contributed by atoms with Gasteiger partial charge in [0.1, 0.15) is 48.8 Å². The summed E-state index contributed by atoms with van der Waals surface area (Å²) < 4.78 is 30.1. The van der Waals surface area contributed by atoms with Crippen molar-refractivity contribution in [3.8, 4) is 0 Å². The Bertz CT molecular complexity index is 1350. The van der Waals surface area contributed by atoms with Gasteiger partial charge in [-0.3, -0.25) is 0 Å². The SMILES string of the molecule is CC(CC[C@@]1(O)O[C@H]2C[C@H]3[C@@H]4CC=C5C[C@@H](O)C[C@@H](O[C@@H]6O[C@H](CO)[C@H](O)[C@H](O)[C@H]6O)[C@]5(C)[C@H]4CC[C@]3(C)[C@H]2[C@@H]1C)CO[C@@H]1O[C@H](CO)[C@@H](O)[C@H](O)[C@H]1O. The van der Waals surface area contributed by atoms with E-state index in [4.69, 9.17) is 23.7 Å². The molecule has 1 unspecified atom stereocenters. The molecule has 15 heteroatoms. The van der Waals surface area contributed by atoms with Gasteiger partial charge in [-0.2, -0.15) is 0 Å². The lowest BCUT2D eigenvalue weighted by atomic mass is 9.46. The Labute approximate surface area is 316 Å². The van der Waals surface area contributed by atoms with Crippen LogP contribution in [0, 0.1) is 46.3 Å². The zero-order valence-electron chi connectivity index (χ0n) is 31.8. The van der Waals surface area contributed by atoms with E-state index in [2.05, 4.69) is 26.8 Å². The molecule has 7 rings (SSSR count). The van der Waals surface area contributed by atoms with Crippen molar-refractivity contribution in [2.24, 2.45) is 46.3 Å². The van der Waals surface area contributed by atoms with E-state index in [1.54, 1.807) is 0 Å². The molecule has 310 valence electrons. The second-order valence-electron chi connectivity index (χ2n) is 18.3. The van der Waals surface area contributed by atoms with Crippen LogP contribution in [-0.4, -0.2) is 156 Å². The molecule has 0 spiro atoms. The van der Waals surface area contributed by atoms with E-state index in [1.165, 1.54) is 0 Å². The molecule has 54 heavy (non-hydrogen) atoms. The van der Waals surface area contributed by atoms with Crippen LogP contribution in [0.15, 0.2) is 11.6 Å². The number of rotatable bonds is 10. The summed E-state index contributed by atoms with van der Waals surface area (Å²) >= 11 is 0. The van der Waals surface area contributed by atoms with Gasteiger partial charge < -0.3 is 74.7 Å².